The average Bonchev–Trinajstić information content (AvgIpc) is 2.98. The van der Waals surface area contributed by atoms with E-state index in [4.69, 9.17) is 0 Å². The Kier molecular flexibility index (Phi) is 28.4. The highest BCUT2D eigenvalue weighted by molar-refractivity contribution is 4.80. The number of aliphatic hydroxyl groups excluding tert-OH is 2. The van der Waals surface area contributed by atoms with E-state index < -0.39 is 0 Å². The topological polar surface area (TPSA) is 43.7 Å². The molecule has 0 spiro atoms. The second-order valence-electron chi connectivity index (χ2n) is 13.9. The maximum atomic E-state index is 10.9. The van der Waals surface area contributed by atoms with Gasteiger partial charge >= 0.3 is 0 Å². The number of hydrogen-bond donors (Lipinski definition) is 2. The molecular weight excluding hydrogens is 502 g/mol. The Balaban J connectivity index is 2.12. The zero-order chi connectivity index (χ0) is 29.6. The van der Waals surface area contributed by atoms with Crippen molar-refractivity contribution in [1.82, 2.24) is 4.90 Å². The predicted molar refractivity (Wildman–Crippen MR) is 182 cm³/mol. The van der Waals surface area contributed by atoms with Gasteiger partial charge < -0.3 is 10.2 Å². The van der Waals surface area contributed by atoms with Crippen LogP contribution in [-0.4, -0.2) is 46.5 Å². The molecule has 0 heterocycles. The number of nitrogens with zero attached hydrogens (tertiary/aromatic N) is 1. The summed E-state index contributed by atoms with van der Waals surface area (Å²) in [5.74, 6) is 0. The van der Waals surface area contributed by atoms with Crippen molar-refractivity contribution in [3.8, 4) is 0 Å². The minimum atomic E-state index is -0.237. The minimum absolute atomic E-state index is 0.237. The van der Waals surface area contributed by atoms with Crippen LogP contribution in [-0.2, 0) is 0 Å². The molecule has 3 heteroatoms. The summed E-state index contributed by atoms with van der Waals surface area (Å²) in [6, 6.07) is 0.567. The molecule has 0 aromatic heterocycles. The van der Waals surface area contributed by atoms with Gasteiger partial charge in [-0.3, -0.25) is 4.90 Å². The Morgan fingerprint density at radius 2 is 0.732 bits per heavy atom. The summed E-state index contributed by atoms with van der Waals surface area (Å²) >= 11 is 0. The molecule has 0 amide bonds. The summed E-state index contributed by atoms with van der Waals surface area (Å²) in [6.45, 7) is 6.10. The molecule has 1 aliphatic carbocycles. The van der Waals surface area contributed by atoms with Crippen molar-refractivity contribution in [2.24, 2.45) is 0 Å². The van der Waals surface area contributed by atoms with Crippen LogP contribution in [0.15, 0.2) is 0 Å². The fraction of sp³-hybridized carbons (Fsp3) is 1.00. The molecule has 1 saturated carbocycles. The van der Waals surface area contributed by atoms with E-state index in [1.165, 1.54) is 173 Å². The molecule has 246 valence electrons. The van der Waals surface area contributed by atoms with Gasteiger partial charge in [0.25, 0.3) is 0 Å². The largest absolute Gasteiger partial charge is 0.392 e. The molecule has 3 nitrogen and oxygen atoms in total. The number of unbranched alkanes of at least 4 members (excludes halogenated alkanes) is 22. The van der Waals surface area contributed by atoms with Gasteiger partial charge in [-0.1, -0.05) is 187 Å². The molecule has 0 saturated heterocycles. The highest BCUT2D eigenvalue weighted by Gasteiger charge is 2.25. The fourth-order valence-corrected chi connectivity index (χ4v) is 6.98. The Morgan fingerprint density at radius 1 is 0.439 bits per heavy atom. The number of hydrogen-bond acceptors (Lipinski definition) is 3. The minimum Gasteiger partial charge on any atom is -0.392 e. The van der Waals surface area contributed by atoms with E-state index in [1.54, 1.807) is 0 Å². The summed E-state index contributed by atoms with van der Waals surface area (Å²) in [7, 11) is 0. The van der Waals surface area contributed by atoms with E-state index in [9.17, 15) is 10.2 Å². The van der Waals surface area contributed by atoms with Crippen LogP contribution in [0.25, 0.3) is 0 Å². The Morgan fingerprint density at radius 3 is 1.05 bits per heavy atom. The Hall–Kier alpha value is -0.120. The van der Waals surface area contributed by atoms with Crippen molar-refractivity contribution in [2.45, 2.75) is 231 Å². The molecule has 1 aliphatic rings. The molecule has 0 radical (unpaired) electrons. The lowest BCUT2D eigenvalue weighted by Crippen LogP contribution is -2.45. The van der Waals surface area contributed by atoms with E-state index in [1.807, 2.05) is 0 Å². The third-order valence-corrected chi connectivity index (χ3v) is 9.76. The van der Waals surface area contributed by atoms with Crippen LogP contribution in [0.3, 0.4) is 0 Å². The third-order valence-electron chi connectivity index (χ3n) is 9.76. The maximum Gasteiger partial charge on any atom is 0.0667 e. The standard InChI is InChI=1S/C38H77NO2/c1-3-5-7-9-11-13-15-17-19-21-23-28-32-37(40)34-39(36-30-26-25-27-31-36)35-38(41)33-29-24-22-20-18-16-14-12-10-8-6-4-2/h36-38,40-41H,3-35H2,1-2H3. The number of rotatable bonds is 31. The summed E-state index contributed by atoms with van der Waals surface area (Å²) in [4.78, 5) is 2.48. The maximum absolute atomic E-state index is 10.9. The second kappa shape index (κ2) is 29.9. The first-order valence-corrected chi connectivity index (χ1v) is 19.3. The van der Waals surface area contributed by atoms with Crippen LogP contribution in [0.5, 0.6) is 0 Å². The summed E-state index contributed by atoms with van der Waals surface area (Å²) < 4.78 is 0. The molecular formula is C38H77NO2. The van der Waals surface area contributed by atoms with Gasteiger partial charge in [-0.2, -0.15) is 0 Å². The second-order valence-corrected chi connectivity index (χ2v) is 13.9. The van der Waals surface area contributed by atoms with Gasteiger partial charge in [0, 0.05) is 19.1 Å². The van der Waals surface area contributed by atoms with Gasteiger partial charge in [0.2, 0.25) is 0 Å². The molecule has 1 rings (SSSR count). The van der Waals surface area contributed by atoms with E-state index in [-0.39, 0.29) is 12.2 Å². The predicted octanol–water partition coefficient (Wildman–Crippen LogP) is 11.5. The number of aliphatic hydroxyl groups is 2. The van der Waals surface area contributed by atoms with E-state index in [2.05, 4.69) is 18.7 Å². The monoisotopic (exact) mass is 580 g/mol. The van der Waals surface area contributed by atoms with Crippen LogP contribution in [0, 0.1) is 0 Å². The van der Waals surface area contributed by atoms with Gasteiger partial charge in [0.1, 0.15) is 0 Å². The Bertz CT molecular complexity index is 471. The van der Waals surface area contributed by atoms with Crippen LogP contribution in [0.4, 0.5) is 0 Å². The summed E-state index contributed by atoms with van der Waals surface area (Å²) in [5.41, 5.74) is 0. The van der Waals surface area contributed by atoms with Crippen LogP contribution in [0.2, 0.25) is 0 Å². The van der Waals surface area contributed by atoms with Crippen molar-refractivity contribution in [3.05, 3.63) is 0 Å². The molecule has 1 fully saturated rings. The van der Waals surface area contributed by atoms with Gasteiger partial charge in [-0.05, 0) is 25.7 Å². The first kappa shape index (κ1) is 38.9. The normalized spacial score (nSPS) is 16.0. The van der Waals surface area contributed by atoms with Crippen LogP contribution < -0.4 is 0 Å². The lowest BCUT2D eigenvalue weighted by molar-refractivity contribution is 0.0280. The summed E-state index contributed by atoms with van der Waals surface area (Å²) in [6.07, 6.45) is 40.6. The van der Waals surface area contributed by atoms with Gasteiger partial charge in [0.05, 0.1) is 12.2 Å². The molecule has 2 unspecified atom stereocenters. The Labute approximate surface area is 259 Å². The van der Waals surface area contributed by atoms with Gasteiger partial charge in [-0.15, -0.1) is 0 Å². The van der Waals surface area contributed by atoms with Crippen molar-refractivity contribution in [2.75, 3.05) is 13.1 Å². The molecule has 2 atom stereocenters. The average molecular weight is 580 g/mol. The summed E-state index contributed by atoms with van der Waals surface area (Å²) in [5, 5.41) is 21.8. The smallest absolute Gasteiger partial charge is 0.0667 e. The highest BCUT2D eigenvalue weighted by atomic mass is 16.3. The molecule has 0 bridgehead atoms. The van der Waals surface area contributed by atoms with Crippen molar-refractivity contribution >= 4 is 0 Å². The van der Waals surface area contributed by atoms with Crippen molar-refractivity contribution in [3.63, 3.8) is 0 Å². The van der Waals surface area contributed by atoms with E-state index in [0.29, 0.717) is 6.04 Å². The zero-order valence-electron chi connectivity index (χ0n) is 28.4. The molecule has 2 N–H and O–H groups in total. The zero-order valence-corrected chi connectivity index (χ0v) is 28.4. The van der Waals surface area contributed by atoms with Crippen LogP contribution >= 0.6 is 0 Å². The molecule has 0 aliphatic heterocycles. The molecule has 41 heavy (non-hydrogen) atoms. The molecule has 0 aromatic carbocycles. The SMILES string of the molecule is CCCCCCCCCCCCCCC(O)CN(CC(O)CCCCCCCCCCCCCC)C1CCCCC1. The fourth-order valence-electron chi connectivity index (χ4n) is 6.98. The third kappa shape index (κ3) is 25.0. The quantitative estimate of drug-likeness (QED) is 0.0803. The highest BCUT2D eigenvalue weighted by Crippen LogP contribution is 2.24. The van der Waals surface area contributed by atoms with Crippen molar-refractivity contribution < 1.29 is 10.2 Å². The first-order chi connectivity index (χ1) is 20.2. The van der Waals surface area contributed by atoms with Gasteiger partial charge in [-0.25, -0.2) is 0 Å². The van der Waals surface area contributed by atoms with E-state index >= 15 is 0 Å². The van der Waals surface area contributed by atoms with Gasteiger partial charge in [0.15, 0.2) is 0 Å². The molecule has 0 aromatic rings. The van der Waals surface area contributed by atoms with E-state index in [0.717, 1.165) is 38.8 Å². The van der Waals surface area contributed by atoms with Crippen molar-refractivity contribution in [1.29, 1.82) is 0 Å². The lowest BCUT2D eigenvalue weighted by atomic mass is 9.93. The lowest BCUT2D eigenvalue weighted by Gasteiger charge is -2.37. The van der Waals surface area contributed by atoms with Crippen LogP contribution in [0.1, 0.15) is 213 Å². The first-order valence-electron chi connectivity index (χ1n) is 19.3.